The Labute approximate surface area is 142 Å². The Bertz CT molecular complexity index is 605. The van der Waals surface area contributed by atoms with Gasteiger partial charge in [-0.15, -0.1) is 0 Å². The van der Waals surface area contributed by atoms with Crippen molar-refractivity contribution in [2.45, 2.75) is 31.8 Å². The Hall–Kier alpha value is -1.35. The molecule has 0 spiro atoms. The molecule has 7 nitrogen and oxygen atoms in total. The lowest BCUT2D eigenvalue weighted by Crippen LogP contribution is -2.43. The summed E-state index contributed by atoms with van der Waals surface area (Å²) < 4.78 is 0.879. The molecule has 0 bridgehead atoms. The summed E-state index contributed by atoms with van der Waals surface area (Å²) >= 11 is 3.46. The number of piperidine rings is 1. The Morgan fingerprint density at radius 2 is 1.87 bits per heavy atom. The number of nitrogens with zero attached hydrogens (tertiary/aromatic N) is 1. The van der Waals surface area contributed by atoms with Crippen molar-refractivity contribution in [3.8, 4) is 0 Å². The molecular weight excluding hydrogens is 366 g/mol. The molecule has 1 aromatic carbocycles. The molecule has 5 N–H and O–H groups in total. The Balaban J connectivity index is 1.75. The first-order valence-electron chi connectivity index (χ1n) is 7.61. The number of benzene rings is 1. The first kappa shape index (κ1) is 16.5. The van der Waals surface area contributed by atoms with E-state index in [0.717, 1.165) is 34.5 Å². The van der Waals surface area contributed by atoms with E-state index in [1.54, 1.807) is 0 Å². The van der Waals surface area contributed by atoms with Crippen molar-refractivity contribution < 1.29 is 20.1 Å². The molecule has 2 unspecified atom stereocenters. The van der Waals surface area contributed by atoms with E-state index in [-0.39, 0.29) is 5.92 Å². The van der Waals surface area contributed by atoms with Gasteiger partial charge < -0.3 is 26.0 Å². The van der Waals surface area contributed by atoms with Crippen LogP contribution in [0, 0.1) is 5.92 Å². The summed E-state index contributed by atoms with van der Waals surface area (Å²) in [6, 6.07) is 3.82. The van der Waals surface area contributed by atoms with Crippen LogP contribution in [-0.4, -0.2) is 51.7 Å². The number of hydrogen-bond donors (Lipinski definition) is 5. The van der Waals surface area contributed by atoms with Crippen LogP contribution in [0.25, 0.3) is 0 Å². The fourth-order valence-electron chi connectivity index (χ4n) is 3.12. The highest BCUT2D eigenvalue weighted by Gasteiger charge is 2.28. The molecule has 2 aliphatic heterocycles. The van der Waals surface area contributed by atoms with Gasteiger partial charge in [-0.25, -0.2) is 0 Å². The number of aliphatic hydroxyl groups excluding tert-OH is 2. The van der Waals surface area contributed by atoms with Crippen molar-refractivity contribution >= 4 is 33.3 Å². The fourth-order valence-corrected chi connectivity index (χ4v) is 3.62. The number of likely N-dealkylation sites (tertiary alicyclic amines) is 1. The molecule has 1 saturated heterocycles. The minimum Gasteiger partial charge on any atom is -0.481 e. The number of aliphatic carboxylic acids is 1. The monoisotopic (exact) mass is 385 g/mol. The van der Waals surface area contributed by atoms with E-state index in [2.05, 4.69) is 31.5 Å². The second-order valence-corrected chi connectivity index (χ2v) is 6.97. The molecule has 0 aliphatic carbocycles. The molecule has 2 aliphatic rings. The number of hydrogen-bond acceptors (Lipinski definition) is 6. The van der Waals surface area contributed by atoms with Crippen molar-refractivity contribution in [2.24, 2.45) is 5.92 Å². The van der Waals surface area contributed by atoms with Gasteiger partial charge in [0.2, 0.25) is 0 Å². The number of rotatable bonds is 3. The largest absolute Gasteiger partial charge is 0.481 e. The van der Waals surface area contributed by atoms with E-state index in [0.29, 0.717) is 19.4 Å². The lowest BCUT2D eigenvalue weighted by Gasteiger charge is -2.34. The molecule has 8 heteroatoms. The highest BCUT2D eigenvalue weighted by molar-refractivity contribution is 9.10. The third-order valence-electron chi connectivity index (χ3n) is 4.41. The summed E-state index contributed by atoms with van der Waals surface area (Å²) in [6.45, 7) is 2.12. The van der Waals surface area contributed by atoms with Gasteiger partial charge in [-0.3, -0.25) is 9.69 Å². The van der Waals surface area contributed by atoms with E-state index in [1.165, 1.54) is 0 Å². The molecule has 0 amide bonds. The fraction of sp³-hybridized carbons (Fsp3) is 0.533. The van der Waals surface area contributed by atoms with Crippen LogP contribution in [-0.2, 0) is 11.3 Å². The van der Waals surface area contributed by atoms with Gasteiger partial charge in [-0.2, -0.15) is 0 Å². The molecule has 0 saturated carbocycles. The average Bonchev–Trinajstić information content (AvgIpc) is 2.50. The highest BCUT2D eigenvalue weighted by Crippen LogP contribution is 2.35. The molecule has 2 heterocycles. The Morgan fingerprint density at radius 3 is 2.52 bits per heavy atom. The normalized spacial score (nSPS) is 25.3. The predicted molar refractivity (Wildman–Crippen MR) is 89.0 cm³/mol. The lowest BCUT2D eigenvalue weighted by atomic mass is 9.96. The quantitative estimate of drug-likeness (QED) is 0.532. The summed E-state index contributed by atoms with van der Waals surface area (Å²) in [5, 5.41) is 34.4. The summed E-state index contributed by atoms with van der Waals surface area (Å²) in [5.41, 5.74) is 2.49. The van der Waals surface area contributed by atoms with Crippen molar-refractivity contribution in [1.82, 2.24) is 4.90 Å². The van der Waals surface area contributed by atoms with Crippen LogP contribution in [0.5, 0.6) is 0 Å². The zero-order valence-corrected chi connectivity index (χ0v) is 14.1. The molecule has 1 aromatic rings. The van der Waals surface area contributed by atoms with Crippen LogP contribution >= 0.6 is 15.9 Å². The standard InChI is InChI=1S/C15H20BrN3O4/c16-10-5-9(7-19-3-1-8(2-4-19)15(22)23)12-11(6-10)17-13(20)14(21)18-12/h5-6,8,13-14,17-18,20-21H,1-4,7H2,(H,22,23). The van der Waals surface area contributed by atoms with E-state index >= 15 is 0 Å². The van der Waals surface area contributed by atoms with Crippen LogP contribution < -0.4 is 10.6 Å². The van der Waals surface area contributed by atoms with Gasteiger partial charge >= 0.3 is 5.97 Å². The molecule has 3 rings (SSSR count). The molecular formula is C15H20BrN3O4. The maximum absolute atomic E-state index is 11.0. The van der Waals surface area contributed by atoms with Crippen LogP contribution in [0.3, 0.4) is 0 Å². The van der Waals surface area contributed by atoms with Gasteiger partial charge in [0.25, 0.3) is 0 Å². The number of halogens is 1. The number of anilines is 2. The van der Waals surface area contributed by atoms with Crippen LogP contribution in [0.4, 0.5) is 11.4 Å². The van der Waals surface area contributed by atoms with E-state index in [4.69, 9.17) is 5.11 Å². The number of carbonyl (C=O) groups is 1. The molecule has 1 fully saturated rings. The summed E-state index contributed by atoms with van der Waals surface area (Å²) in [4.78, 5) is 13.2. The van der Waals surface area contributed by atoms with E-state index in [1.807, 2.05) is 12.1 Å². The molecule has 0 radical (unpaired) electrons. The van der Waals surface area contributed by atoms with Gasteiger partial charge in [0, 0.05) is 11.0 Å². The summed E-state index contributed by atoms with van der Waals surface area (Å²) in [6.07, 6.45) is -0.826. The van der Waals surface area contributed by atoms with Crippen molar-refractivity contribution in [1.29, 1.82) is 0 Å². The van der Waals surface area contributed by atoms with Gasteiger partial charge in [0.05, 0.1) is 17.3 Å². The topological polar surface area (TPSA) is 105 Å². The maximum Gasteiger partial charge on any atom is 0.306 e. The molecule has 0 aromatic heterocycles. The number of carboxylic acids is 1. The number of fused-ring (bicyclic) bond motifs is 1. The third kappa shape index (κ3) is 3.60. The minimum atomic E-state index is -1.07. The van der Waals surface area contributed by atoms with E-state index < -0.39 is 18.4 Å². The smallest absolute Gasteiger partial charge is 0.306 e. The molecule has 2 atom stereocenters. The second kappa shape index (κ2) is 6.64. The molecule has 23 heavy (non-hydrogen) atoms. The predicted octanol–water partition coefficient (Wildman–Crippen LogP) is 1.22. The third-order valence-corrected chi connectivity index (χ3v) is 4.87. The highest BCUT2D eigenvalue weighted by atomic mass is 79.9. The van der Waals surface area contributed by atoms with Gasteiger partial charge in [0.1, 0.15) is 0 Å². The first-order chi connectivity index (χ1) is 10.9. The second-order valence-electron chi connectivity index (χ2n) is 6.05. The first-order valence-corrected chi connectivity index (χ1v) is 8.40. The number of nitrogens with one attached hydrogen (secondary N) is 2. The average molecular weight is 386 g/mol. The SMILES string of the molecule is O=C(O)C1CCN(Cc2cc(Br)cc3c2NC(O)C(O)N3)CC1. The van der Waals surface area contributed by atoms with Gasteiger partial charge in [-0.05, 0) is 43.6 Å². The Kier molecular flexibility index (Phi) is 4.77. The van der Waals surface area contributed by atoms with Crippen LogP contribution in [0.2, 0.25) is 0 Å². The van der Waals surface area contributed by atoms with Gasteiger partial charge in [0.15, 0.2) is 12.5 Å². The van der Waals surface area contributed by atoms with Crippen molar-refractivity contribution in [3.05, 3.63) is 22.2 Å². The number of aliphatic hydroxyl groups is 2. The van der Waals surface area contributed by atoms with E-state index in [9.17, 15) is 15.0 Å². The zero-order valence-electron chi connectivity index (χ0n) is 12.5. The minimum absolute atomic E-state index is 0.251. The lowest BCUT2D eigenvalue weighted by molar-refractivity contribution is -0.143. The zero-order chi connectivity index (χ0) is 16.6. The van der Waals surface area contributed by atoms with Crippen molar-refractivity contribution in [2.75, 3.05) is 23.7 Å². The molecule has 126 valence electrons. The summed E-state index contributed by atoms with van der Waals surface area (Å²) in [5.74, 6) is -0.966. The van der Waals surface area contributed by atoms with Crippen molar-refractivity contribution in [3.63, 3.8) is 0 Å². The number of carboxylic acid groups (broad SMARTS) is 1. The maximum atomic E-state index is 11.0. The van der Waals surface area contributed by atoms with Crippen LogP contribution in [0.1, 0.15) is 18.4 Å². The summed E-state index contributed by atoms with van der Waals surface area (Å²) in [7, 11) is 0. The van der Waals surface area contributed by atoms with Gasteiger partial charge in [-0.1, -0.05) is 15.9 Å². The van der Waals surface area contributed by atoms with Crippen LogP contribution in [0.15, 0.2) is 16.6 Å². The Morgan fingerprint density at radius 1 is 1.22 bits per heavy atom.